The summed E-state index contributed by atoms with van der Waals surface area (Å²) in [6.45, 7) is 0.558. The Morgan fingerprint density at radius 1 is 1.13 bits per heavy atom. The van der Waals surface area contributed by atoms with Crippen molar-refractivity contribution in [1.29, 1.82) is 0 Å². The molecule has 1 aromatic carbocycles. The minimum absolute atomic E-state index is 0.110. The molecule has 0 radical (unpaired) electrons. The summed E-state index contributed by atoms with van der Waals surface area (Å²) in [6.07, 6.45) is 7.85. The van der Waals surface area contributed by atoms with E-state index in [1.807, 2.05) is 6.07 Å². The van der Waals surface area contributed by atoms with Gasteiger partial charge in [-0.2, -0.15) is 0 Å². The monoisotopic (exact) mass is 451 g/mol. The first-order chi connectivity index (χ1) is 14.3. The third-order valence-electron chi connectivity index (χ3n) is 5.04. The van der Waals surface area contributed by atoms with E-state index in [1.165, 1.54) is 35.4 Å². The zero-order chi connectivity index (χ0) is 21.7. The second kappa shape index (κ2) is 9.57. The summed E-state index contributed by atoms with van der Waals surface area (Å²) in [4.78, 5) is 25.0. The van der Waals surface area contributed by atoms with Gasteiger partial charge in [-0.1, -0.05) is 12.8 Å². The molecule has 10 heteroatoms. The van der Waals surface area contributed by atoms with E-state index in [0.717, 1.165) is 38.0 Å². The lowest BCUT2D eigenvalue weighted by Gasteiger charge is -2.09. The van der Waals surface area contributed by atoms with Gasteiger partial charge in [-0.05, 0) is 49.4 Å². The van der Waals surface area contributed by atoms with E-state index < -0.39 is 14.8 Å². The normalized spacial score (nSPS) is 14.3. The lowest BCUT2D eigenvalue weighted by atomic mass is 10.00. The smallest absolute Gasteiger partial charge is 0.293 e. The van der Waals surface area contributed by atoms with E-state index in [9.17, 15) is 23.3 Å². The first-order valence-electron chi connectivity index (χ1n) is 9.88. The van der Waals surface area contributed by atoms with Crippen molar-refractivity contribution in [2.75, 3.05) is 24.7 Å². The lowest BCUT2D eigenvalue weighted by Crippen LogP contribution is -2.28. The van der Waals surface area contributed by atoms with Crippen molar-refractivity contribution in [3.8, 4) is 0 Å². The molecule has 1 amide bonds. The minimum Gasteiger partial charge on any atom is -0.378 e. The number of thiophene rings is 1. The van der Waals surface area contributed by atoms with Crippen LogP contribution in [0, 0.1) is 10.1 Å². The third kappa shape index (κ3) is 5.57. The number of benzene rings is 1. The molecule has 2 aromatic rings. The van der Waals surface area contributed by atoms with Gasteiger partial charge in [0.15, 0.2) is 9.84 Å². The Morgan fingerprint density at radius 2 is 1.87 bits per heavy atom. The van der Waals surface area contributed by atoms with Gasteiger partial charge in [-0.15, -0.1) is 11.3 Å². The molecule has 0 aliphatic heterocycles. The predicted molar refractivity (Wildman–Crippen MR) is 117 cm³/mol. The van der Waals surface area contributed by atoms with Gasteiger partial charge in [0.25, 0.3) is 11.6 Å². The van der Waals surface area contributed by atoms with E-state index in [2.05, 4.69) is 10.6 Å². The van der Waals surface area contributed by atoms with E-state index in [0.29, 0.717) is 4.88 Å². The van der Waals surface area contributed by atoms with Gasteiger partial charge in [0.2, 0.25) is 0 Å². The predicted octanol–water partition coefficient (Wildman–Crippen LogP) is 3.56. The first kappa shape index (κ1) is 22.2. The second-order valence-corrected chi connectivity index (χ2v) is 10.5. The Hall–Kier alpha value is -2.46. The molecule has 0 saturated heterocycles. The van der Waals surface area contributed by atoms with Crippen molar-refractivity contribution in [2.45, 2.75) is 43.4 Å². The van der Waals surface area contributed by atoms with Crippen LogP contribution in [0.25, 0.3) is 0 Å². The molecular weight excluding hydrogens is 426 g/mol. The summed E-state index contributed by atoms with van der Waals surface area (Å²) in [5.41, 5.74) is 1.17. The van der Waals surface area contributed by atoms with Crippen LogP contribution < -0.4 is 10.6 Å². The number of aryl methyl sites for hydroxylation is 2. The zero-order valence-corrected chi connectivity index (χ0v) is 18.4. The number of hydrogen-bond donors (Lipinski definition) is 2. The average Bonchev–Trinajstić information content (AvgIpc) is 3.06. The van der Waals surface area contributed by atoms with E-state index in [-0.39, 0.29) is 35.3 Å². The van der Waals surface area contributed by atoms with Gasteiger partial charge in [-0.25, -0.2) is 8.42 Å². The Labute approximate surface area is 179 Å². The first-order valence-corrected chi connectivity index (χ1v) is 12.6. The van der Waals surface area contributed by atoms with E-state index in [4.69, 9.17) is 0 Å². The van der Waals surface area contributed by atoms with E-state index in [1.54, 1.807) is 11.3 Å². The summed E-state index contributed by atoms with van der Waals surface area (Å²) in [5, 5.41) is 17.0. The van der Waals surface area contributed by atoms with Crippen LogP contribution >= 0.6 is 11.3 Å². The maximum absolute atomic E-state index is 12.5. The number of sulfone groups is 1. The summed E-state index contributed by atoms with van der Waals surface area (Å²) in [6, 6.07) is 5.72. The quantitative estimate of drug-likeness (QED) is 0.377. The standard InChI is InChI=1S/C20H25N3O5S2/c1-30(27,28)15-8-9-16(17(13-15)23(25)26)21-10-11-22-20(24)19-12-14-6-4-2-3-5-7-18(14)29-19/h8-9,12-13,21H,2-7,10-11H2,1H3,(H,22,24). The van der Waals surface area contributed by atoms with Gasteiger partial charge in [0.1, 0.15) is 5.69 Å². The fourth-order valence-corrected chi connectivity index (χ4v) is 5.27. The van der Waals surface area contributed by atoms with Gasteiger partial charge in [-0.3, -0.25) is 14.9 Å². The van der Waals surface area contributed by atoms with Crippen molar-refractivity contribution in [3.63, 3.8) is 0 Å². The number of amides is 1. The number of carbonyl (C=O) groups is 1. The fraction of sp³-hybridized carbons (Fsp3) is 0.450. The second-order valence-electron chi connectivity index (χ2n) is 7.36. The van der Waals surface area contributed by atoms with E-state index >= 15 is 0 Å². The summed E-state index contributed by atoms with van der Waals surface area (Å²) in [5.74, 6) is -0.143. The molecule has 1 aliphatic rings. The van der Waals surface area contributed by atoms with Gasteiger partial charge >= 0.3 is 0 Å². The highest BCUT2D eigenvalue weighted by Crippen LogP contribution is 2.29. The van der Waals surface area contributed by atoms with Crippen LogP contribution in [0.3, 0.4) is 0 Å². The molecule has 0 spiro atoms. The fourth-order valence-electron chi connectivity index (χ4n) is 3.46. The largest absolute Gasteiger partial charge is 0.378 e. The Balaban J connectivity index is 1.58. The molecular formula is C20H25N3O5S2. The molecule has 3 rings (SSSR count). The molecule has 30 heavy (non-hydrogen) atoms. The molecule has 162 valence electrons. The molecule has 0 fully saturated rings. The summed E-state index contributed by atoms with van der Waals surface area (Å²) in [7, 11) is -3.54. The van der Waals surface area contributed by atoms with Crippen LogP contribution in [0.5, 0.6) is 0 Å². The van der Waals surface area contributed by atoms with Crippen molar-refractivity contribution in [1.82, 2.24) is 5.32 Å². The van der Waals surface area contributed by atoms with Crippen molar-refractivity contribution in [3.05, 3.63) is 49.7 Å². The molecule has 1 aromatic heterocycles. The van der Waals surface area contributed by atoms with Gasteiger partial charge < -0.3 is 10.6 Å². The highest BCUT2D eigenvalue weighted by atomic mass is 32.2. The minimum atomic E-state index is -3.54. The molecule has 0 saturated carbocycles. The van der Waals surface area contributed by atoms with Gasteiger partial charge in [0, 0.05) is 30.3 Å². The maximum atomic E-state index is 12.5. The number of anilines is 1. The van der Waals surface area contributed by atoms with Crippen molar-refractivity contribution >= 4 is 38.5 Å². The number of nitrogens with zero attached hydrogens (tertiary/aromatic N) is 1. The van der Waals surface area contributed by atoms with Crippen molar-refractivity contribution < 1.29 is 18.1 Å². The van der Waals surface area contributed by atoms with Gasteiger partial charge in [0.05, 0.1) is 14.7 Å². The molecule has 1 heterocycles. The number of hydrogen-bond acceptors (Lipinski definition) is 7. The van der Waals surface area contributed by atoms with Crippen LogP contribution in [-0.2, 0) is 22.7 Å². The molecule has 0 unspecified atom stereocenters. The number of nitro groups is 1. The highest BCUT2D eigenvalue weighted by molar-refractivity contribution is 7.90. The number of carbonyl (C=O) groups excluding carboxylic acids is 1. The number of rotatable bonds is 7. The average molecular weight is 452 g/mol. The Bertz CT molecular complexity index is 1020. The molecule has 1 aliphatic carbocycles. The summed E-state index contributed by atoms with van der Waals surface area (Å²) < 4.78 is 23.2. The van der Waals surface area contributed by atoms with Crippen LogP contribution in [-0.4, -0.2) is 38.6 Å². The number of nitro benzene ring substituents is 1. The number of nitrogens with one attached hydrogen (secondary N) is 2. The highest BCUT2D eigenvalue weighted by Gasteiger charge is 2.19. The van der Waals surface area contributed by atoms with Crippen LogP contribution in [0.15, 0.2) is 29.2 Å². The summed E-state index contributed by atoms with van der Waals surface area (Å²) >= 11 is 1.55. The zero-order valence-electron chi connectivity index (χ0n) is 16.8. The molecule has 0 bridgehead atoms. The third-order valence-corrected chi connectivity index (χ3v) is 7.39. The Morgan fingerprint density at radius 3 is 2.57 bits per heavy atom. The molecule has 2 N–H and O–H groups in total. The van der Waals surface area contributed by atoms with Crippen molar-refractivity contribution in [2.24, 2.45) is 0 Å². The molecule has 0 atom stereocenters. The Kier molecular flexibility index (Phi) is 7.09. The maximum Gasteiger partial charge on any atom is 0.293 e. The van der Waals surface area contributed by atoms with Crippen LogP contribution in [0.2, 0.25) is 0 Å². The topological polar surface area (TPSA) is 118 Å². The number of fused-ring (bicyclic) bond motifs is 1. The molecule has 8 nitrogen and oxygen atoms in total. The SMILES string of the molecule is CS(=O)(=O)c1ccc(NCCNC(=O)c2cc3c(s2)CCCCCC3)c([N+](=O)[O-])c1. The van der Waals surface area contributed by atoms with Crippen LogP contribution in [0.1, 0.15) is 45.8 Å². The lowest BCUT2D eigenvalue weighted by molar-refractivity contribution is -0.384. The van der Waals surface area contributed by atoms with Crippen LogP contribution in [0.4, 0.5) is 11.4 Å².